The summed E-state index contributed by atoms with van der Waals surface area (Å²) in [5.74, 6) is -4.37. The van der Waals surface area contributed by atoms with Crippen LogP contribution in [0, 0.1) is 11.0 Å². The van der Waals surface area contributed by atoms with E-state index in [0.29, 0.717) is 12.1 Å². The molecular formula is C15H7Cl2F4N2O3-. The lowest BCUT2D eigenvalue weighted by atomic mass is 10.1. The lowest BCUT2D eigenvalue weighted by molar-refractivity contribution is -0.0885. The van der Waals surface area contributed by atoms with Crippen LogP contribution in [0.15, 0.2) is 30.3 Å². The van der Waals surface area contributed by atoms with E-state index in [1.807, 2.05) is 0 Å². The molecule has 0 heterocycles. The maximum atomic E-state index is 14.0. The van der Waals surface area contributed by atoms with E-state index in [0.717, 1.165) is 12.1 Å². The quantitative estimate of drug-likeness (QED) is 0.421. The number of alkyl halides is 3. The summed E-state index contributed by atoms with van der Waals surface area (Å²) >= 11 is 11.6. The van der Waals surface area contributed by atoms with E-state index in [1.165, 1.54) is 11.5 Å². The highest BCUT2D eigenvalue weighted by Crippen LogP contribution is 2.34. The van der Waals surface area contributed by atoms with E-state index in [2.05, 4.69) is 5.32 Å². The van der Waals surface area contributed by atoms with Crippen molar-refractivity contribution in [2.45, 2.75) is 6.18 Å². The molecule has 0 unspecified atom stereocenters. The Morgan fingerprint density at radius 1 is 1.08 bits per heavy atom. The summed E-state index contributed by atoms with van der Waals surface area (Å²) < 4.78 is 51.4. The third-order valence-corrected chi connectivity index (χ3v) is 3.75. The van der Waals surface area contributed by atoms with Crippen LogP contribution in [-0.2, 0) is 0 Å². The minimum absolute atomic E-state index is 0.322. The standard InChI is InChI=1S/C15H7Cl2F4N2O3/c16-8-4-6(13(24)15(19,20)21)5-9(17)12(8)22-14(25)7-2-1-3-10(23-26)11(7)18/h1-5,23H,(H,22,25)/q-1. The van der Waals surface area contributed by atoms with Crippen LogP contribution in [-0.4, -0.2) is 17.9 Å². The van der Waals surface area contributed by atoms with Crippen molar-refractivity contribution in [3.05, 3.63) is 62.5 Å². The van der Waals surface area contributed by atoms with Crippen molar-refractivity contribution in [3.8, 4) is 0 Å². The summed E-state index contributed by atoms with van der Waals surface area (Å²) in [5, 5.41) is 11.8. The minimum Gasteiger partial charge on any atom is -0.761 e. The Hall–Kier alpha value is -2.36. The van der Waals surface area contributed by atoms with Gasteiger partial charge in [0.15, 0.2) is 5.82 Å². The van der Waals surface area contributed by atoms with Crippen molar-refractivity contribution in [3.63, 3.8) is 0 Å². The first-order valence-corrected chi connectivity index (χ1v) is 7.40. The van der Waals surface area contributed by atoms with Crippen LogP contribution in [0.25, 0.3) is 0 Å². The van der Waals surface area contributed by atoms with Crippen LogP contribution in [0.5, 0.6) is 0 Å². The third kappa shape index (κ3) is 4.06. The average Bonchev–Trinajstić information content (AvgIpc) is 2.56. The predicted molar refractivity (Wildman–Crippen MR) is 88.2 cm³/mol. The number of carbonyl (C=O) groups is 2. The molecule has 0 aliphatic heterocycles. The van der Waals surface area contributed by atoms with Gasteiger partial charge in [-0.2, -0.15) is 13.2 Å². The first kappa shape index (κ1) is 20.0. The molecule has 0 aliphatic carbocycles. The number of hydrogen-bond acceptors (Lipinski definition) is 4. The van der Waals surface area contributed by atoms with Gasteiger partial charge in [-0.3, -0.25) is 9.59 Å². The molecule has 0 aromatic heterocycles. The number of hydrogen-bond donors (Lipinski definition) is 2. The minimum atomic E-state index is -5.13. The van der Waals surface area contributed by atoms with Gasteiger partial charge in [0.2, 0.25) is 0 Å². The zero-order valence-electron chi connectivity index (χ0n) is 12.4. The van der Waals surface area contributed by atoms with Crippen molar-refractivity contribution in [1.29, 1.82) is 0 Å². The highest BCUT2D eigenvalue weighted by atomic mass is 35.5. The molecule has 2 aromatic rings. The number of anilines is 2. The Labute approximate surface area is 153 Å². The van der Waals surface area contributed by atoms with Gasteiger partial charge in [-0.15, -0.1) is 0 Å². The molecular weight excluding hydrogens is 403 g/mol. The summed E-state index contributed by atoms with van der Waals surface area (Å²) in [4.78, 5) is 23.4. The Morgan fingerprint density at radius 3 is 2.15 bits per heavy atom. The van der Waals surface area contributed by atoms with Gasteiger partial charge in [-0.25, -0.2) is 4.39 Å². The molecule has 0 radical (unpaired) electrons. The van der Waals surface area contributed by atoms with Crippen LogP contribution in [0.4, 0.5) is 28.9 Å². The molecule has 0 fully saturated rings. The van der Waals surface area contributed by atoms with Crippen molar-refractivity contribution in [2.24, 2.45) is 0 Å². The molecule has 11 heteroatoms. The highest BCUT2D eigenvalue weighted by molar-refractivity contribution is 6.40. The van der Waals surface area contributed by atoms with Crippen LogP contribution >= 0.6 is 23.2 Å². The fourth-order valence-electron chi connectivity index (χ4n) is 1.95. The molecule has 5 nitrogen and oxygen atoms in total. The normalized spacial score (nSPS) is 11.2. The molecule has 138 valence electrons. The number of nitrogens with one attached hydrogen (secondary N) is 2. The Kier molecular flexibility index (Phi) is 5.74. The number of ketones is 1. The molecule has 2 N–H and O–H groups in total. The Balaban J connectivity index is 2.36. The Morgan fingerprint density at radius 2 is 1.65 bits per heavy atom. The summed E-state index contributed by atoms with van der Waals surface area (Å²) in [7, 11) is 0. The van der Waals surface area contributed by atoms with Gasteiger partial charge in [0.25, 0.3) is 11.7 Å². The third-order valence-electron chi connectivity index (χ3n) is 3.15. The number of rotatable bonds is 4. The Bertz CT molecular complexity index is 865. The van der Waals surface area contributed by atoms with Gasteiger partial charge in [0.05, 0.1) is 27.0 Å². The molecule has 26 heavy (non-hydrogen) atoms. The van der Waals surface area contributed by atoms with Crippen LogP contribution < -0.4 is 10.8 Å². The number of Topliss-reactive ketones (excluding diaryl/α,β-unsaturated/α-hetero) is 1. The SMILES string of the molecule is O=C(Nc1c(Cl)cc(C(=O)C(F)(F)F)cc1Cl)c1cccc(N[O-])c1F. The summed E-state index contributed by atoms with van der Waals surface area (Å²) in [6.45, 7) is 0. The number of halogens is 6. The lowest BCUT2D eigenvalue weighted by Crippen LogP contribution is -2.23. The van der Waals surface area contributed by atoms with Crippen molar-refractivity contribution < 1.29 is 27.2 Å². The second-order valence-electron chi connectivity index (χ2n) is 4.87. The van der Waals surface area contributed by atoms with Gasteiger partial charge in [-0.1, -0.05) is 29.3 Å². The zero-order chi connectivity index (χ0) is 19.6. The van der Waals surface area contributed by atoms with E-state index in [1.54, 1.807) is 0 Å². The molecule has 1 amide bonds. The van der Waals surface area contributed by atoms with Gasteiger partial charge in [-0.05, 0) is 24.3 Å². The first-order chi connectivity index (χ1) is 12.1. The van der Waals surface area contributed by atoms with Gasteiger partial charge < -0.3 is 16.0 Å². The second kappa shape index (κ2) is 7.48. The molecule has 0 saturated heterocycles. The maximum Gasteiger partial charge on any atom is 0.454 e. The maximum absolute atomic E-state index is 14.0. The lowest BCUT2D eigenvalue weighted by Gasteiger charge is -2.15. The van der Waals surface area contributed by atoms with Gasteiger partial charge >= 0.3 is 6.18 Å². The number of amides is 1. The first-order valence-electron chi connectivity index (χ1n) is 6.64. The van der Waals surface area contributed by atoms with Crippen LogP contribution in [0.1, 0.15) is 20.7 Å². The van der Waals surface area contributed by atoms with Crippen molar-refractivity contribution >= 4 is 46.3 Å². The largest absolute Gasteiger partial charge is 0.761 e. The fraction of sp³-hybridized carbons (Fsp3) is 0.0667. The summed E-state index contributed by atoms with van der Waals surface area (Å²) in [6, 6.07) is 4.73. The molecule has 2 aromatic carbocycles. The second-order valence-corrected chi connectivity index (χ2v) is 5.68. The molecule has 0 atom stereocenters. The summed E-state index contributed by atoms with van der Waals surface area (Å²) in [6.07, 6.45) is -5.13. The van der Waals surface area contributed by atoms with Crippen LogP contribution in [0.2, 0.25) is 10.0 Å². The van der Waals surface area contributed by atoms with Gasteiger partial charge in [0.1, 0.15) is 0 Å². The average molecular weight is 410 g/mol. The topological polar surface area (TPSA) is 81.3 Å². The summed E-state index contributed by atoms with van der Waals surface area (Å²) in [5.41, 5.74) is -0.856. The van der Waals surface area contributed by atoms with E-state index in [4.69, 9.17) is 23.2 Å². The smallest absolute Gasteiger partial charge is 0.454 e. The van der Waals surface area contributed by atoms with E-state index in [9.17, 15) is 32.4 Å². The number of benzene rings is 2. The highest BCUT2D eigenvalue weighted by Gasteiger charge is 2.39. The van der Waals surface area contributed by atoms with Gasteiger partial charge in [0, 0.05) is 5.56 Å². The van der Waals surface area contributed by atoms with E-state index < -0.39 is 50.5 Å². The monoisotopic (exact) mass is 409 g/mol. The molecule has 0 spiro atoms. The molecule has 0 aliphatic rings. The molecule has 0 saturated carbocycles. The molecule has 2 rings (SSSR count). The van der Waals surface area contributed by atoms with Crippen LogP contribution in [0.3, 0.4) is 0 Å². The predicted octanol–water partition coefficient (Wildman–Crippen LogP) is 5.04. The zero-order valence-corrected chi connectivity index (χ0v) is 13.9. The van der Waals surface area contributed by atoms with E-state index >= 15 is 0 Å². The van der Waals surface area contributed by atoms with Crippen molar-refractivity contribution in [1.82, 2.24) is 0 Å². The van der Waals surface area contributed by atoms with E-state index in [-0.39, 0.29) is 5.69 Å². The molecule has 0 bridgehead atoms. The van der Waals surface area contributed by atoms with Crippen molar-refractivity contribution in [2.75, 3.05) is 10.8 Å². The number of carbonyl (C=O) groups excluding carboxylic acids is 2. The fourth-order valence-corrected chi connectivity index (χ4v) is 2.54.